The summed E-state index contributed by atoms with van der Waals surface area (Å²) in [4.78, 5) is 0. The van der Waals surface area contributed by atoms with E-state index in [2.05, 4.69) is 0 Å². The summed E-state index contributed by atoms with van der Waals surface area (Å²) in [5.74, 6) is -0.372. The molecule has 1 unspecified atom stereocenters. The van der Waals surface area contributed by atoms with Crippen LogP contribution < -0.4 is 0 Å². The number of hydrogen-bond donors (Lipinski definition) is 0. The van der Waals surface area contributed by atoms with E-state index in [1.165, 1.54) is 6.07 Å². The van der Waals surface area contributed by atoms with Gasteiger partial charge in [-0.25, -0.2) is 4.39 Å². The molecule has 0 saturated carbocycles. The molecular formula is C14H9Cl4F. The summed E-state index contributed by atoms with van der Waals surface area (Å²) < 4.78 is 13.7. The highest BCUT2D eigenvalue weighted by molar-refractivity contribution is 6.36. The van der Waals surface area contributed by atoms with Gasteiger partial charge >= 0.3 is 0 Å². The van der Waals surface area contributed by atoms with Crippen molar-refractivity contribution in [2.24, 2.45) is 0 Å². The molecule has 5 heteroatoms. The lowest BCUT2D eigenvalue weighted by Crippen LogP contribution is -2.00. The van der Waals surface area contributed by atoms with Crippen LogP contribution in [0.3, 0.4) is 0 Å². The van der Waals surface area contributed by atoms with E-state index < -0.39 is 5.38 Å². The zero-order valence-electron chi connectivity index (χ0n) is 9.64. The Kier molecular flexibility index (Phi) is 4.97. The van der Waals surface area contributed by atoms with Crippen LogP contribution in [0.15, 0.2) is 36.4 Å². The van der Waals surface area contributed by atoms with Crippen molar-refractivity contribution in [3.8, 4) is 0 Å². The van der Waals surface area contributed by atoms with Crippen LogP contribution in [0.5, 0.6) is 0 Å². The maximum Gasteiger partial charge on any atom is 0.127 e. The Morgan fingerprint density at radius 1 is 1.00 bits per heavy atom. The standard InChI is InChI=1S/C14H9Cl4F/c15-8-4-5-9(12(17)6-8)13(18)7-10-11(16)2-1-3-14(10)19/h1-6,13H,7H2. The molecule has 0 spiro atoms. The Labute approximate surface area is 131 Å². The third kappa shape index (κ3) is 3.55. The smallest absolute Gasteiger partial charge is 0.127 e. The molecule has 100 valence electrons. The summed E-state index contributed by atoms with van der Waals surface area (Å²) in [5.41, 5.74) is 1.09. The summed E-state index contributed by atoms with van der Waals surface area (Å²) >= 11 is 24.2. The lowest BCUT2D eigenvalue weighted by atomic mass is 10.0. The molecule has 0 nitrogen and oxygen atoms in total. The van der Waals surface area contributed by atoms with Crippen LogP contribution in [0.1, 0.15) is 16.5 Å². The number of rotatable bonds is 3. The Hall–Kier alpha value is -0.470. The second-order valence-electron chi connectivity index (χ2n) is 4.04. The van der Waals surface area contributed by atoms with Crippen LogP contribution in [0, 0.1) is 5.82 Å². The van der Waals surface area contributed by atoms with Crippen molar-refractivity contribution in [3.05, 3.63) is 68.4 Å². The van der Waals surface area contributed by atoms with Gasteiger partial charge in [0.05, 0.1) is 5.38 Å². The van der Waals surface area contributed by atoms with Crippen LogP contribution in [0.2, 0.25) is 15.1 Å². The van der Waals surface area contributed by atoms with Crippen LogP contribution in [0.25, 0.3) is 0 Å². The van der Waals surface area contributed by atoms with E-state index in [4.69, 9.17) is 46.4 Å². The van der Waals surface area contributed by atoms with Gasteiger partial charge in [-0.05, 0) is 36.2 Å². The normalized spacial score (nSPS) is 12.5. The summed E-state index contributed by atoms with van der Waals surface area (Å²) in [6.07, 6.45) is 0.258. The van der Waals surface area contributed by atoms with E-state index in [1.807, 2.05) is 0 Å². The van der Waals surface area contributed by atoms with Crippen molar-refractivity contribution in [3.63, 3.8) is 0 Å². The molecule has 0 heterocycles. The fraction of sp³-hybridized carbons (Fsp3) is 0.143. The number of halogens is 5. The van der Waals surface area contributed by atoms with Gasteiger partial charge in [-0.15, -0.1) is 11.6 Å². The highest BCUT2D eigenvalue weighted by Gasteiger charge is 2.17. The lowest BCUT2D eigenvalue weighted by Gasteiger charge is -2.13. The molecule has 0 aliphatic rings. The first-order valence-electron chi connectivity index (χ1n) is 5.51. The Bertz CT molecular complexity index is 578. The maximum atomic E-state index is 13.7. The molecule has 0 amide bonds. The Balaban J connectivity index is 2.28. The molecule has 0 fully saturated rings. The fourth-order valence-electron chi connectivity index (χ4n) is 1.77. The van der Waals surface area contributed by atoms with E-state index >= 15 is 0 Å². The third-order valence-corrected chi connectivity index (χ3v) is 4.05. The van der Waals surface area contributed by atoms with Gasteiger partial charge < -0.3 is 0 Å². The van der Waals surface area contributed by atoms with Crippen LogP contribution in [0.4, 0.5) is 4.39 Å². The number of alkyl halides is 1. The minimum atomic E-state index is -0.473. The van der Waals surface area contributed by atoms with Crippen molar-refractivity contribution >= 4 is 46.4 Å². The maximum absolute atomic E-state index is 13.7. The second kappa shape index (κ2) is 6.32. The van der Waals surface area contributed by atoms with Gasteiger partial charge in [0.15, 0.2) is 0 Å². The summed E-state index contributed by atoms with van der Waals surface area (Å²) in [5, 5.41) is 0.872. The predicted molar refractivity (Wildman–Crippen MR) is 80.2 cm³/mol. The van der Waals surface area contributed by atoms with Crippen LogP contribution in [-0.2, 0) is 6.42 Å². The average Bonchev–Trinajstić information content (AvgIpc) is 2.33. The van der Waals surface area contributed by atoms with Gasteiger partial charge in [0, 0.05) is 20.6 Å². The molecular weight excluding hydrogens is 329 g/mol. The molecule has 2 aromatic carbocycles. The minimum Gasteiger partial charge on any atom is -0.207 e. The van der Waals surface area contributed by atoms with Crippen molar-refractivity contribution in [2.45, 2.75) is 11.8 Å². The summed E-state index contributed by atoms with van der Waals surface area (Å²) in [7, 11) is 0. The van der Waals surface area contributed by atoms with Gasteiger partial charge in [0.1, 0.15) is 5.82 Å². The molecule has 0 saturated heterocycles. The monoisotopic (exact) mass is 336 g/mol. The van der Waals surface area contributed by atoms with E-state index in [-0.39, 0.29) is 12.2 Å². The summed E-state index contributed by atoms with van der Waals surface area (Å²) in [6.45, 7) is 0. The van der Waals surface area contributed by atoms with Crippen LogP contribution in [-0.4, -0.2) is 0 Å². The van der Waals surface area contributed by atoms with Crippen molar-refractivity contribution in [1.29, 1.82) is 0 Å². The van der Waals surface area contributed by atoms with Crippen molar-refractivity contribution < 1.29 is 4.39 Å². The zero-order valence-corrected chi connectivity index (χ0v) is 12.7. The first-order chi connectivity index (χ1) is 8.99. The summed E-state index contributed by atoms with van der Waals surface area (Å²) in [6, 6.07) is 9.58. The quantitative estimate of drug-likeness (QED) is 0.576. The largest absolute Gasteiger partial charge is 0.207 e. The zero-order chi connectivity index (χ0) is 14.0. The van der Waals surface area contributed by atoms with Crippen LogP contribution >= 0.6 is 46.4 Å². The van der Waals surface area contributed by atoms with Gasteiger partial charge in [0.2, 0.25) is 0 Å². The predicted octanol–water partition coefficient (Wildman–Crippen LogP) is 6.31. The van der Waals surface area contributed by atoms with E-state index in [9.17, 15) is 4.39 Å². The number of benzene rings is 2. The van der Waals surface area contributed by atoms with E-state index in [0.29, 0.717) is 26.2 Å². The molecule has 0 aliphatic carbocycles. The first kappa shape index (κ1) is 14.9. The molecule has 19 heavy (non-hydrogen) atoms. The minimum absolute atomic E-state index is 0.258. The Morgan fingerprint density at radius 3 is 2.37 bits per heavy atom. The molecule has 0 aromatic heterocycles. The van der Waals surface area contributed by atoms with Gasteiger partial charge in [-0.3, -0.25) is 0 Å². The van der Waals surface area contributed by atoms with Crippen molar-refractivity contribution in [1.82, 2.24) is 0 Å². The molecule has 0 radical (unpaired) electrons. The molecule has 1 atom stereocenters. The van der Waals surface area contributed by atoms with Gasteiger partial charge in [-0.2, -0.15) is 0 Å². The molecule has 0 N–H and O–H groups in total. The third-order valence-electron chi connectivity index (χ3n) is 2.74. The number of hydrogen-bond acceptors (Lipinski definition) is 0. The molecule has 2 rings (SSSR count). The van der Waals surface area contributed by atoms with Gasteiger partial charge in [0.25, 0.3) is 0 Å². The SMILES string of the molecule is Fc1cccc(Cl)c1CC(Cl)c1ccc(Cl)cc1Cl. The van der Waals surface area contributed by atoms with Gasteiger partial charge in [-0.1, -0.05) is 46.9 Å². The lowest BCUT2D eigenvalue weighted by molar-refractivity contribution is 0.607. The van der Waals surface area contributed by atoms with E-state index in [1.54, 1.807) is 30.3 Å². The highest BCUT2D eigenvalue weighted by Crippen LogP contribution is 2.34. The fourth-order valence-corrected chi connectivity index (χ4v) is 2.95. The highest BCUT2D eigenvalue weighted by atomic mass is 35.5. The molecule has 2 aromatic rings. The molecule has 0 aliphatic heterocycles. The van der Waals surface area contributed by atoms with E-state index in [0.717, 1.165) is 0 Å². The van der Waals surface area contributed by atoms with Crippen molar-refractivity contribution in [2.75, 3.05) is 0 Å². The topological polar surface area (TPSA) is 0 Å². The average molecular weight is 338 g/mol. The second-order valence-corrected chi connectivity index (χ2v) is 5.82. The molecule has 0 bridgehead atoms. The Morgan fingerprint density at radius 2 is 1.74 bits per heavy atom. The first-order valence-corrected chi connectivity index (χ1v) is 7.08.